The molecule has 0 radical (unpaired) electrons. The van der Waals surface area contributed by atoms with Crippen LogP contribution in [0.2, 0.25) is 0 Å². The summed E-state index contributed by atoms with van der Waals surface area (Å²) in [6, 6.07) is 7.72. The van der Waals surface area contributed by atoms with Crippen LogP contribution in [-0.4, -0.2) is 53.2 Å². The lowest BCUT2D eigenvalue weighted by Gasteiger charge is -2.28. The number of esters is 1. The van der Waals surface area contributed by atoms with E-state index in [0.717, 1.165) is 80.7 Å². The number of rotatable bonds is 11. The van der Waals surface area contributed by atoms with E-state index in [1.165, 1.54) is 5.56 Å². The van der Waals surface area contributed by atoms with Gasteiger partial charge in [-0.3, -0.25) is 9.88 Å². The fraction of sp³-hybridized carbons (Fsp3) is 0.621. The smallest absolute Gasteiger partial charge is 0.328 e. The molecule has 2 unspecified atom stereocenters. The highest BCUT2D eigenvalue weighted by Gasteiger charge is 2.40. The van der Waals surface area contributed by atoms with Crippen LogP contribution in [0.25, 0.3) is 0 Å². The van der Waals surface area contributed by atoms with Crippen LogP contribution in [0.5, 0.6) is 0 Å². The normalized spacial score (nSPS) is 21.4. The highest BCUT2D eigenvalue weighted by molar-refractivity contribution is 5.78. The zero-order valence-electron chi connectivity index (χ0n) is 21.4. The molecule has 36 heavy (non-hydrogen) atoms. The van der Waals surface area contributed by atoms with E-state index in [4.69, 9.17) is 9.72 Å². The van der Waals surface area contributed by atoms with Crippen LogP contribution in [0.1, 0.15) is 86.3 Å². The molecule has 3 aliphatic rings. The molecule has 0 amide bonds. The third kappa shape index (κ3) is 5.88. The lowest BCUT2D eigenvalue weighted by atomic mass is 9.97. The van der Waals surface area contributed by atoms with Crippen molar-refractivity contribution in [3.05, 3.63) is 53.0 Å². The Balaban J connectivity index is 1.15. The molecule has 1 saturated carbocycles. The predicted molar refractivity (Wildman–Crippen MR) is 139 cm³/mol. The van der Waals surface area contributed by atoms with Crippen LogP contribution in [-0.2, 0) is 22.4 Å². The largest absolute Gasteiger partial charge is 0.465 e. The zero-order chi connectivity index (χ0) is 24.9. The number of nitrogens with zero attached hydrogens (tertiary/aromatic N) is 3. The SMILES string of the molecule is CCOC(=O)C(c1cccnc1C1CC1)N1CC[C@@H](C(F)CCCCc2ccc3c(n2)NCCC3)C1. The standard InChI is InChI=1S/C29H39FN4O2/c1-2-36-29(35)27(24-9-6-16-31-26(24)20-11-12-20)34-18-15-22(19-34)25(30)10-4-3-8-23-14-13-21-7-5-17-32-28(21)33-23/h6,9,13-14,16,20,22,25,27H,2-5,7-8,10-12,15,17-19H2,1H3,(H,32,33)/t22-,25?,27?/m1/s1. The van der Waals surface area contributed by atoms with Gasteiger partial charge in [-0.15, -0.1) is 0 Å². The molecular weight excluding hydrogens is 455 g/mol. The summed E-state index contributed by atoms with van der Waals surface area (Å²) in [5.41, 5.74) is 4.35. The monoisotopic (exact) mass is 494 g/mol. The molecule has 1 aliphatic carbocycles. The average molecular weight is 495 g/mol. The Labute approximate surface area is 214 Å². The summed E-state index contributed by atoms with van der Waals surface area (Å²) < 4.78 is 20.7. The van der Waals surface area contributed by atoms with E-state index in [2.05, 4.69) is 27.3 Å². The van der Waals surface area contributed by atoms with Gasteiger partial charge in [-0.1, -0.05) is 18.6 Å². The Morgan fingerprint density at radius 2 is 2.14 bits per heavy atom. The minimum absolute atomic E-state index is 0.0472. The minimum Gasteiger partial charge on any atom is -0.465 e. The van der Waals surface area contributed by atoms with E-state index in [1.54, 1.807) is 6.20 Å². The number of aryl methyl sites for hydroxylation is 2. The van der Waals surface area contributed by atoms with Crippen LogP contribution < -0.4 is 5.32 Å². The van der Waals surface area contributed by atoms with E-state index < -0.39 is 12.2 Å². The van der Waals surface area contributed by atoms with Gasteiger partial charge >= 0.3 is 5.97 Å². The average Bonchev–Trinajstić information content (AvgIpc) is 3.64. The van der Waals surface area contributed by atoms with Crippen molar-refractivity contribution in [1.82, 2.24) is 14.9 Å². The first kappa shape index (κ1) is 25.1. The fourth-order valence-electron chi connectivity index (χ4n) is 5.79. The lowest BCUT2D eigenvalue weighted by molar-refractivity contribution is -0.149. The molecule has 7 heteroatoms. The van der Waals surface area contributed by atoms with Gasteiger partial charge in [0, 0.05) is 48.1 Å². The molecule has 1 N–H and O–H groups in total. The van der Waals surface area contributed by atoms with Gasteiger partial charge in [0.15, 0.2) is 0 Å². The number of halogens is 1. The predicted octanol–water partition coefficient (Wildman–Crippen LogP) is 5.39. The number of carbonyl (C=O) groups excluding carboxylic acids is 1. The van der Waals surface area contributed by atoms with Gasteiger partial charge in [0.05, 0.1) is 6.61 Å². The van der Waals surface area contributed by atoms with Crippen molar-refractivity contribution in [1.29, 1.82) is 0 Å². The first-order valence-electron chi connectivity index (χ1n) is 13.9. The number of nitrogens with one attached hydrogen (secondary N) is 1. The maximum Gasteiger partial charge on any atom is 0.328 e. The molecule has 1 saturated heterocycles. The fourth-order valence-corrected chi connectivity index (χ4v) is 5.79. The Morgan fingerprint density at radius 3 is 2.97 bits per heavy atom. The van der Waals surface area contributed by atoms with Crippen molar-refractivity contribution in [2.24, 2.45) is 5.92 Å². The summed E-state index contributed by atoms with van der Waals surface area (Å²) in [6.45, 7) is 4.46. The Morgan fingerprint density at radius 1 is 1.25 bits per heavy atom. The number of unbranched alkanes of at least 4 members (excludes halogenated alkanes) is 1. The summed E-state index contributed by atoms with van der Waals surface area (Å²) in [5, 5.41) is 3.39. The molecule has 5 rings (SSSR count). The van der Waals surface area contributed by atoms with Gasteiger partial charge in [-0.05, 0) is 82.5 Å². The Bertz CT molecular complexity index is 1040. The molecule has 2 fully saturated rings. The summed E-state index contributed by atoms with van der Waals surface area (Å²) in [5.74, 6) is 1.18. The first-order chi connectivity index (χ1) is 17.6. The first-order valence-corrected chi connectivity index (χ1v) is 13.9. The number of ether oxygens (including phenoxy) is 1. The van der Waals surface area contributed by atoms with E-state index >= 15 is 4.39 Å². The van der Waals surface area contributed by atoms with Gasteiger partial charge in [-0.25, -0.2) is 14.2 Å². The molecule has 0 aromatic carbocycles. The molecule has 0 bridgehead atoms. The minimum atomic E-state index is -0.854. The van der Waals surface area contributed by atoms with E-state index in [0.29, 0.717) is 32.0 Å². The second kappa shape index (κ2) is 11.7. The molecular formula is C29H39FN4O2. The van der Waals surface area contributed by atoms with Crippen LogP contribution in [0.4, 0.5) is 10.2 Å². The highest BCUT2D eigenvalue weighted by Crippen LogP contribution is 2.43. The third-order valence-corrected chi connectivity index (χ3v) is 7.89. The van der Waals surface area contributed by atoms with Crippen molar-refractivity contribution in [3.63, 3.8) is 0 Å². The summed E-state index contributed by atoms with van der Waals surface area (Å²) in [6.07, 6.45) is 9.44. The Hall–Kier alpha value is -2.54. The molecule has 0 spiro atoms. The topological polar surface area (TPSA) is 67.3 Å². The molecule has 4 heterocycles. The number of alkyl halides is 1. The number of pyridine rings is 2. The van der Waals surface area contributed by atoms with Gasteiger partial charge in [0.2, 0.25) is 0 Å². The summed E-state index contributed by atoms with van der Waals surface area (Å²) >= 11 is 0. The number of fused-ring (bicyclic) bond motifs is 1. The second-order valence-corrected chi connectivity index (χ2v) is 10.6. The second-order valence-electron chi connectivity index (χ2n) is 10.6. The van der Waals surface area contributed by atoms with Crippen molar-refractivity contribution in [2.45, 2.75) is 82.8 Å². The summed E-state index contributed by atoms with van der Waals surface area (Å²) in [7, 11) is 0. The molecule has 2 aliphatic heterocycles. The number of likely N-dealkylation sites (tertiary alicyclic amines) is 1. The van der Waals surface area contributed by atoms with Crippen molar-refractivity contribution < 1.29 is 13.9 Å². The molecule has 6 nitrogen and oxygen atoms in total. The van der Waals surface area contributed by atoms with Gasteiger partial charge < -0.3 is 10.1 Å². The summed E-state index contributed by atoms with van der Waals surface area (Å²) in [4.78, 5) is 24.5. The van der Waals surface area contributed by atoms with Crippen LogP contribution in [0.3, 0.4) is 0 Å². The lowest BCUT2D eigenvalue weighted by Crippen LogP contribution is -2.35. The molecule has 2 aromatic heterocycles. The van der Waals surface area contributed by atoms with Gasteiger partial charge in [-0.2, -0.15) is 0 Å². The zero-order valence-corrected chi connectivity index (χ0v) is 21.4. The maximum absolute atomic E-state index is 15.3. The van der Waals surface area contributed by atoms with Crippen molar-refractivity contribution in [3.8, 4) is 0 Å². The number of hydrogen-bond donors (Lipinski definition) is 1. The Kier molecular flexibility index (Phi) is 8.15. The maximum atomic E-state index is 15.3. The van der Waals surface area contributed by atoms with Crippen molar-refractivity contribution in [2.75, 3.05) is 31.6 Å². The van der Waals surface area contributed by atoms with E-state index in [-0.39, 0.29) is 11.9 Å². The number of anilines is 1. The quantitative estimate of drug-likeness (QED) is 0.334. The third-order valence-electron chi connectivity index (χ3n) is 7.89. The molecule has 3 atom stereocenters. The van der Waals surface area contributed by atoms with Gasteiger partial charge in [0.25, 0.3) is 0 Å². The highest BCUT2D eigenvalue weighted by atomic mass is 19.1. The number of aromatic nitrogens is 2. The molecule has 2 aromatic rings. The van der Waals surface area contributed by atoms with Gasteiger partial charge in [0.1, 0.15) is 18.0 Å². The van der Waals surface area contributed by atoms with Crippen LogP contribution in [0, 0.1) is 5.92 Å². The van der Waals surface area contributed by atoms with Crippen LogP contribution >= 0.6 is 0 Å². The number of carbonyl (C=O) groups is 1. The molecule has 194 valence electrons. The van der Waals surface area contributed by atoms with E-state index in [1.807, 2.05) is 19.1 Å². The van der Waals surface area contributed by atoms with Crippen LogP contribution in [0.15, 0.2) is 30.5 Å². The number of hydrogen-bond acceptors (Lipinski definition) is 6. The van der Waals surface area contributed by atoms with E-state index in [9.17, 15) is 4.79 Å². The van der Waals surface area contributed by atoms with Crippen molar-refractivity contribution >= 4 is 11.8 Å².